The number of rotatable bonds is 6. The van der Waals surface area contributed by atoms with Crippen LogP contribution in [-0.4, -0.2) is 47.5 Å². The Morgan fingerprint density at radius 2 is 2.15 bits per heavy atom. The summed E-state index contributed by atoms with van der Waals surface area (Å²) in [7, 11) is 0. The number of halogens is 1. The lowest BCUT2D eigenvalue weighted by Crippen LogP contribution is -2.37. The maximum absolute atomic E-state index is 10.7. The number of hydrogen-bond donors (Lipinski definition) is 1. The van der Waals surface area contributed by atoms with Crippen molar-refractivity contribution >= 4 is 33.4 Å². The fraction of sp³-hybridized carbons (Fsp3) is 0.538. The third-order valence-electron chi connectivity index (χ3n) is 3.27. The molecule has 1 aliphatic rings. The molecule has 1 fully saturated rings. The van der Waals surface area contributed by atoms with Crippen LogP contribution in [0.3, 0.4) is 0 Å². The van der Waals surface area contributed by atoms with Gasteiger partial charge in [0.2, 0.25) is 0 Å². The van der Waals surface area contributed by atoms with Crippen molar-refractivity contribution in [2.75, 3.05) is 37.7 Å². The first kappa shape index (κ1) is 15.8. The quantitative estimate of drug-likeness (QED) is 0.480. The number of thioether (sulfide) groups is 1. The van der Waals surface area contributed by atoms with Crippen LogP contribution in [0.5, 0.6) is 0 Å². The fourth-order valence-corrected chi connectivity index (χ4v) is 3.56. The molecule has 1 aromatic carbocycles. The van der Waals surface area contributed by atoms with Crippen LogP contribution in [0.2, 0.25) is 0 Å². The van der Waals surface area contributed by atoms with E-state index in [0.717, 1.165) is 29.7 Å². The van der Waals surface area contributed by atoms with Crippen LogP contribution in [-0.2, 0) is 6.54 Å². The summed E-state index contributed by atoms with van der Waals surface area (Å²) in [5.74, 6) is 2.46. The molecule has 0 amide bonds. The largest absolute Gasteiger partial charge is 0.311 e. The van der Waals surface area contributed by atoms with Crippen molar-refractivity contribution in [1.82, 2.24) is 10.2 Å². The fourth-order valence-electron chi connectivity index (χ4n) is 2.08. The van der Waals surface area contributed by atoms with E-state index in [-0.39, 0.29) is 10.6 Å². The van der Waals surface area contributed by atoms with Crippen molar-refractivity contribution in [2.24, 2.45) is 0 Å². The lowest BCUT2D eigenvalue weighted by molar-refractivity contribution is -0.384. The van der Waals surface area contributed by atoms with Crippen LogP contribution in [0.15, 0.2) is 22.7 Å². The Kier molecular flexibility index (Phi) is 6.28. The Morgan fingerprint density at radius 3 is 2.80 bits per heavy atom. The predicted octanol–water partition coefficient (Wildman–Crippen LogP) is 2.50. The minimum atomic E-state index is -0.379. The Balaban J connectivity index is 1.74. The molecule has 2 rings (SSSR count). The number of nitro benzene ring substituents is 1. The van der Waals surface area contributed by atoms with Gasteiger partial charge in [-0.05, 0) is 11.6 Å². The highest BCUT2D eigenvalue weighted by molar-refractivity contribution is 9.10. The van der Waals surface area contributed by atoms with Crippen molar-refractivity contribution in [3.8, 4) is 0 Å². The Morgan fingerprint density at radius 1 is 1.40 bits per heavy atom. The smallest absolute Gasteiger partial charge is 0.270 e. The van der Waals surface area contributed by atoms with E-state index in [4.69, 9.17) is 0 Å². The van der Waals surface area contributed by atoms with Gasteiger partial charge in [-0.25, -0.2) is 0 Å². The van der Waals surface area contributed by atoms with Gasteiger partial charge < -0.3 is 10.2 Å². The summed E-state index contributed by atoms with van der Waals surface area (Å²) in [5.41, 5.74) is 1.16. The first-order chi connectivity index (χ1) is 9.66. The zero-order valence-corrected chi connectivity index (χ0v) is 13.6. The van der Waals surface area contributed by atoms with Gasteiger partial charge in [-0.3, -0.25) is 10.1 Å². The third kappa shape index (κ3) is 4.73. The summed E-state index contributed by atoms with van der Waals surface area (Å²) >= 11 is 5.40. The molecule has 0 radical (unpaired) electrons. The highest BCUT2D eigenvalue weighted by atomic mass is 79.9. The number of nitrogens with zero attached hydrogens (tertiary/aromatic N) is 2. The van der Waals surface area contributed by atoms with Gasteiger partial charge in [0.15, 0.2) is 0 Å². The molecule has 1 heterocycles. The van der Waals surface area contributed by atoms with Crippen LogP contribution in [0.1, 0.15) is 5.56 Å². The standard InChI is InChI=1S/C13H18BrN3O2S/c14-13-9-12(17(18)19)2-1-11(13)10-15-3-4-16-5-7-20-8-6-16/h1-2,9,15H,3-8,10H2. The summed E-state index contributed by atoms with van der Waals surface area (Å²) in [4.78, 5) is 12.7. The maximum Gasteiger partial charge on any atom is 0.270 e. The molecule has 20 heavy (non-hydrogen) atoms. The number of benzene rings is 1. The highest BCUT2D eigenvalue weighted by Crippen LogP contribution is 2.22. The molecule has 5 nitrogen and oxygen atoms in total. The lowest BCUT2D eigenvalue weighted by atomic mass is 10.2. The number of hydrogen-bond acceptors (Lipinski definition) is 5. The molecule has 0 saturated carbocycles. The van der Waals surface area contributed by atoms with Crippen LogP contribution in [0.4, 0.5) is 5.69 Å². The molecule has 0 aromatic heterocycles. The molecule has 0 unspecified atom stereocenters. The molecule has 1 N–H and O–H groups in total. The van der Waals surface area contributed by atoms with Gasteiger partial charge in [-0.1, -0.05) is 15.9 Å². The van der Waals surface area contributed by atoms with Crippen molar-refractivity contribution in [2.45, 2.75) is 6.54 Å². The zero-order valence-electron chi connectivity index (χ0n) is 11.2. The van der Waals surface area contributed by atoms with Crippen molar-refractivity contribution in [3.63, 3.8) is 0 Å². The topological polar surface area (TPSA) is 58.4 Å². The average molecular weight is 360 g/mol. The van der Waals surface area contributed by atoms with Gasteiger partial charge >= 0.3 is 0 Å². The van der Waals surface area contributed by atoms with E-state index >= 15 is 0 Å². The number of nitro groups is 1. The molecule has 0 aliphatic carbocycles. The molecule has 7 heteroatoms. The minimum absolute atomic E-state index is 0.117. The van der Waals surface area contributed by atoms with Crippen molar-refractivity contribution in [1.29, 1.82) is 0 Å². The van der Waals surface area contributed by atoms with Gasteiger partial charge in [0, 0.05) is 60.8 Å². The second-order valence-corrected chi connectivity index (χ2v) is 6.74. The molecule has 1 aromatic rings. The summed E-state index contributed by atoms with van der Waals surface area (Å²) in [5, 5.41) is 14.1. The third-order valence-corrected chi connectivity index (χ3v) is 4.95. The van der Waals surface area contributed by atoms with E-state index in [1.807, 2.05) is 11.8 Å². The Hall–Kier alpha value is -0.630. The molecule has 1 saturated heterocycles. The zero-order chi connectivity index (χ0) is 14.4. The van der Waals surface area contributed by atoms with E-state index in [0.29, 0.717) is 0 Å². The van der Waals surface area contributed by atoms with E-state index in [1.54, 1.807) is 18.2 Å². The van der Waals surface area contributed by atoms with Crippen molar-refractivity contribution < 1.29 is 4.92 Å². The van der Waals surface area contributed by atoms with E-state index in [9.17, 15) is 10.1 Å². The van der Waals surface area contributed by atoms with Gasteiger partial charge in [0.05, 0.1) is 4.92 Å². The van der Waals surface area contributed by atoms with Gasteiger partial charge in [-0.2, -0.15) is 11.8 Å². The normalized spacial score (nSPS) is 16.2. The molecule has 0 bridgehead atoms. The second kappa shape index (κ2) is 7.97. The summed E-state index contributed by atoms with van der Waals surface area (Å²) in [6.45, 7) is 5.07. The summed E-state index contributed by atoms with van der Waals surface area (Å²) in [6.07, 6.45) is 0. The van der Waals surface area contributed by atoms with E-state index in [2.05, 4.69) is 26.1 Å². The van der Waals surface area contributed by atoms with Gasteiger partial charge in [0.25, 0.3) is 5.69 Å². The van der Waals surface area contributed by atoms with Crippen LogP contribution in [0.25, 0.3) is 0 Å². The molecular formula is C13H18BrN3O2S. The first-order valence-corrected chi connectivity index (χ1v) is 8.55. The van der Waals surface area contributed by atoms with E-state index < -0.39 is 0 Å². The van der Waals surface area contributed by atoms with Gasteiger partial charge in [0.1, 0.15) is 0 Å². The predicted molar refractivity (Wildman–Crippen MR) is 86.3 cm³/mol. The Bertz CT molecular complexity index is 467. The lowest BCUT2D eigenvalue weighted by Gasteiger charge is -2.26. The summed E-state index contributed by atoms with van der Waals surface area (Å²) < 4.78 is 0.786. The molecular weight excluding hydrogens is 342 g/mol. The number of nitrogens with one attached hydrogen (secondary N) is 1. The Labute approximate surface area is 131 Å². The monoisotopic (exact) mass is 359 g/mol. The van der Waals surface area contributed by atoms with Crippen molar-refractivity contribution in [3.05, 3.63) is 38.3 Å². The second-order valence-electron chi connectivity index (χ2n) is 4.66. The maximum atomic E-state index is 10.7. The molecule has 0 atom stereocenters. The minimum Gasteiger partial charge on any atom is -0.311 e. The summed E-state index contributed by atoms with van der Waals surface area (Å²) in [6, 6.07) is 4.90. The van der Waals surface area contributed by atoms with Crippen LogP contribution in [0, 0.1) is 10.1 Å². The average Bonchev–Trinajstić information content (AvgIpc) is 2.46. The van der Waals surface area contributed by atoms with E-state index in [1.165, 1.54) is 24.6 Å². The number of non-ortho nitro benzene ring substituents is 1. The van der Waals surface area contributed by atoms with Crippen LogP contribution >= 0.6 is 27.7 Å². The van der Waals surface area contributed by atoms with Gasteiger partial charge in [-0.15, -0.1) is 0 Å². The highest BCUT2D eigenvalue weighted by Gasteiger charge is 2.10. The molecule has 0 spiro atoms. The molecule has 1 aliphatic heterocycles. The SMILES string of the molecule is O=[N+]([O-])c1ccc(CNCCN2CCSCC2)c(Br)c1. The first-order valence-electron chi connectivity index (χ1n) is 6.60. The van der Waals surface area contributed by atoms with Crippen LogP contribution < -0.4 is 5.32 Å². The molecule has 110 valence electrons.